The highest BCUT2D eigenvalue weighted by Gasteiger charge is 2.39. The fourth-order valence-electron chi connectivity index (χ4n) is 4.05. The molecular formula is C18H28N4O3. The lowest BCUT2D eigenvalue weighted by Gasteiger charge is -2.47. The van der Waals surface area contributed by atoms with Crippen LogP contribution in [0.4, 0.5) is 0 Å². The van der Waals surface area contributed by atoms with Gasteiger partial charge in [-0.1, -0.05) is 0 Å². The average Bonchev–Trinajstić information content (AvgIpc) is 3.15. The van der Waals surface area contributed by atoms with Gasteiger partial charge in [0.1, 0.15) is 0 Å². The van der Waals surface area contributed by atoms with E-state index in [1.807, 2.05) is 22.1 Å². The Morgan fingerprint density at radius 3 is 3.00 bits per heavy atom. The number of carbonyl (C=O) groups is 2. The molecule has 2 aliphatic heterocycles. The van der Waals surface area contributed by atoms with Gasteiger partial charge in [0.05, 0.1) is 0 Å². The summed E-state index contributed by atoms with van der Waals surface area (Å²) in [5.74, 6) is 0.857. The lowest BCUT2D eigenvalue weighted by Crippen LogP contribution is -2.57. The first kappa shape index (κ1) is 17.9. The monoisotopic (exact) mass is 348 g/mol. The molecule has 2 atom stereocenters. The van der Waals surface area contributed by atoms with Gasteiger partial charge in [-0.15, -0.1) is 0 Å². The van der Waals surface area contributed by atoms with Gasteiger partial charge in [0, 0.05) is 71.2 Å². The topological polar surface area (TPSA) is 67.7 Å². The number of carbonyl (C=O) groups excluding carboxylic acids is 2. The average molecular weight is 348 g/mol. The lowest BCUT2D eigenvalue weighted by molar-refractivity contribution is -0.144. The van der Waals surface area contributed by atoms with E-state index in [1.165, 1.54) is 0 Å². The van der Waals surface area contributed by atoms with Crippen molar-refractivity contribution in [1.29, 1.82) is 0 Å². The number of ether oxygens (including phenoxy) is 1. The van der Waals surface area contributed by atoms with E-state index in [1.54, 1.807) is 18.0 Å². The first-order valence-corrected chi connectivity index (χ1v) is 9.22. The molecule has 0 N–H and O–H groups in total. The van der Waals surface area contributed by atoms with E-state index in [-0.39, 0.29) is 17.9 Å². The van der Waals surface area contributed by atoms with Crippen molar-refractivity contribution >= 4 is 11.8 Å². The molecule has 25 heavy (non-hydrogen) atoms. The van der Waals surface area contributed by atoms with E-state index in [0.717, 1.165) is 38.9 Å². The molecule has 0 unspecified atom stereocenters. The van der Waals surface area contributed by atoms with E-state index in [0.29, 0.717) is 31.9 Å². The molecular weight excluding hydrogens is 320 g/mol. The van der Waals surface area contributed by atoms with Crippen LogP contribution in [0.5, 0.6) is 0 Å². The minimum Gasteiger partial charge on any atom is -0.385 e. The van der Waals surface area contributed by atoms with Crippen molar-refractivity contribution in [2.24, 2.45) is 5.92 Å². The standard InChI is InChI=1S/C18H28N4O3/c1-25-13-3-10-22-16-6-11-20(14-15(16)4-5-18(22)24)17(23)7-12-21-9-2-8-19-21/h2,8-9,15-16H,3-7,10-14H2,1H3/t15-,16+/m0/s1. The lowest BCUT2D eigenvalue weighted by atomic mass is 9.83. The van der Waals surface area contributed by atoms with E-state index in [9.17, 15) is 9.59 Å². The van der Waals surface area contributed by atoms with E-state index < -0.39 is 0 Å². The van der Waals surface area contributed by atoms with Crippen LogP contribution in [0.3, 0.4) is 0 Å². The van der Waals surface area contributed by atoms with Gasteiger partial charge < -0.3 is 14.5 Å². The molecule has 1 aromatic heterocycles. The predicted molar refractivity (Wildman–Crippen MR) is 92.8 cm³/mol. The Kier molecular flexibility index (Phi) is 6.07. The largest absolute Gasteiger partial charge is 0.385 e. The quantitative estimate of drug-likeness (QED) is 0.693. The van der Waals surface area contributed by atoms with Gasteiger partial charge in [0.15, 0.2) is 0 Å². The SMILES string of the molecule is COCCCN1C(=O)CC[C@H]2CN(C(=O)CCn3cccn3)CC[C@H]21. The van der Waals surface area contributed by atoms with Crippen LogP contribution in [0.25, 0.3) is 0 Å². The zero-order chi connectivity index (χ0) is 17.6. The van der Waals surface area contributed by atoms with Crippen LogP contribution in [-0.4, -0.2) is 70.8 Å². The van der Waals surface area contributed by atoms with Crippen LogP contribution in [-0.2, 0) is 20.9 Å². The van der Waals surface area contributed by atoms with Crippen LogP contribution >= 0.6 is 0 Å². The number of fused-ring (bicyclic) bond motifs is 1. The maximum atomic E-state index is 12.5. The number of amides is 2. The van der Waals surface area contributed by atoms with Gasteiger partial charge in [0.25, 0.3) is 0 Å². The summed E-state index contributed by atoms with van der Waals surface area (Å²) in [5, 5.41) is 4.14. The van der Waals surface area contributed by atoms with Crippen LogP contribution in [0.15, 0.2) is 18.5 Å². The van der Waals surface area contributed by atoms with E-state index in [2.05, 4.69) is 5.10 Å². The van der Waals surface area contributed by atoms with Gasteiger partial charge in [-0.25, -0.2) is 0 Å². The summed E-state index contributed by atoms with van der Waals surface area (Å²) in [6, 6.07) is 2.15. The predicted octanol–water partition coefficient (Wildman–Crippen LogP) is 1.15. The molecule has 2 amide bonds. The number of methoxy groups -OCH3 is 1. The van der Waals surface area contributed by atoms with Crippen LogP contribution < -0.4 is 0 Å². The van der Waals surface area contributed by atoms with Crippen LogP contribution in [0, 0.1) is 5.92 Å². The van der Waals surface area contributed by atoms with Crippen LogP contribution in [0.1, 0.15) is 32.1 Å². The number of aromatic nitrogens is 2. The Balaban J connectivity index is 1.52. The van der Waals surface area contributed by atoms with Crippen molar-refractivity contribution in [2.75, 3.05) is 33.4 Å². The smallest absolute Gasteiger partial charge is 0.224 e. The number of piperidine rings is 2. The maximum Gasteiger partial charge on any atom is 0.224 e. The fourth-order valence-corrected chi connectivity index (χ4v) is 4.05. The van der Waals surface area contributed by atoms with Crippen molar-refractivity contribution in [2.45, 2.75) is 44.7 Å². The number of hydrogen-bond acceptors (Lipinski definition) is 4. The Hall–Kier alpha value is -1.89. The molecule has 1 aromatic rings. The summed E-state index contributed by atoms with van der Waals surface area (Å²) < 4.78 is 6.91. The molecule has 0 saturated carbocycles. The highest BCUT2D eigenvalue weighted by molar-refractivity contribution is 5.78. The molecule has 7 nitrogen and oxygen atoms in total. The molecule has 2 saturated heterocycles. The summed E-state index contributed by atoms with van der Waals surface area (Å²) in [6.45, 7) is 3.59. The zero-order valence-corrected chi connectivity index (χ0v) is 15.0. The normalized spacial score (nSPS) is 23.6. The van der Waals surface area contributed by atoms with Crippen molar-refractivity contribution in [3.63, 3.8) is 0 Å². The second-order valence-electron chi connectivity index (χ2n) is 6.95. The Labute approximate surface area is 148 Å². The number of aryl methyl sites for hydroxylation is 1. The van der Waals surface area contributed by atoms with E-state index >= 15 is 0 Å². The number of hydrogen-bond donors (Lipinski definition) is 0. The summed E-state index contributed by atoms with van der Waals surface area (Å²) in [7, 11) is 1.69. The highest BCUT2D eigenvalue weighted by Crippen LogP contribution is 2.31. The van der Waals surface area contributed by atoms with Crippen molar-refractivity contribution < 1.29 is 14.3 Å². The molecule has 138 valence electrons. The molecule has 0 bridgehead atoms. The first-order chi connectivity index (χ1) is 12.2. The summed E-state index contributed by atoms with van der Waals surface area (Å²) in [6.07, 6.45) is 7.35. The van der Waals surface area contributed by atoms with Crippen LogP contribution in [0.2, 0.25) is 0 Å². The molecule has 3 rings (SSSR count). The molecule has 0 aliphatic carbocycles. The van der Waals surface area contributed by atoms with Crippen molar-refractivity contribution in [3.05, 3.63) is 18.5 Å². The molecule has 3 heterocycles. The molecule has 0 spiro atoms. The Morgan fingerprint density at radius 1 is 1.36 bits per heavy atom. The van der Waals surface area contributed by atoms with Crippen molar-refractivity contribution in [3.8, 4) is 0 Å². The van der Waals surface area contributed by atoms with Gasteiger partial charge >= 0.3 is 0 Å². The third kappa shape index (κ3) is 4.39. The fraction of sp³-hybridized carbons (Fsp3) is 0.722. The molecule has 0 radical (unpaired) electrons. The zero-order valence-electron chi connectivity index (χ0n) is 15.0. The van der Waals surface area contributed by atoms with Crippen molar-refractivity contribution in [1.82, 2.24) is 19.6 Å². The Bertz CT molecular complexity index is 575. The molecule has 2 aliphatic rings. The summed E-state index contributed by atoms with van der Waals surface area (Å²) in [5.41, 5.74) is 0. The van der Waals surface area contributed by atoms with E-state index in [4.69, 9.17) is 4.74 Å². The number of rotatable bonds is 7. The van der Waals surface area contributed by atoms with Gasteiger partial charge in [0.2, 0.25) is 11.8 Å². The number of nitrogens with zero attached hydrogens (tertiary/aromatic N) is 4. The minimum atomic E-state index is 0.191. The Morgan fingerprint density at radius 2 is 2.24 bits per heavy atom. The number of likely N-dealkylation sites (tertiary alicyclic amines) is 2. The third-order valence-electron chi connectivity index (χ3n) is 5.36. The summed E-state index contributed by atoms with van der Waals surface area (Å²) >= 11 is 0. The molecule has 0 aromatic carbocycles. The molecule has 7 heteroatoms. The maximum absolute atomic E-state index is 12.5. The van der Waals surface area contributed by atoms with Gasteiger partial charge in [-0.3, -0.25) is 14.3 Å². The second kappa shape index (κ2) is 8.47. The summed E-state index contributed by atoms with van der Waals surface area (Å²) in [4.78, 5) is 28.8. The van der Waals surface area contributed by atoms with Gasteiger partial charge in [-0.05, 0) is 31.2 Å². The second-order valence-corrected chi connectivity index (χ2v) is 6.95. The van der Waals surface area contributed by atoms with Gasteiger partial charge in [-0.2, -0.15) is 5.10 Å². The molecule has 2 fully saturated rings. The third-order valence-corrected chi connectivity index (χ3v) is 5.36. The highest BCUT2D eigenvalue weighted by atomic mass is 16.5. The minimum absolute atomic E-state index is 0.191. The first-order valence-electron chi connectivity index (χ1n) is 9.22.